The van der Waals surface area contributed by atoms with Crippen LogP contribution in [0.1, 0.15) is 19.8 Å². The second-order valence-electron chi connectivity index (χ2n) is 4.51. The van der Waals surface area contributed by atoms with Crippen LogP contribution in [0.15, 0.2) is 18.2 Å². The normalized spacial score (nSPS) is 12.4. The summed E-state index contributed by atoms with van der Waals surface area (Å²) in [6.45, 7) is 1.87. The number of nitrogens with one attached hydrogen (secondary N) is 3. The van der Waals surface area contributed by atoms with E-state index >= 15 is 0 Å². The van der Waals surface area contributed by atoms with Crippen molar-refractivity contribution in [1.82, 2.24) is 10.6 Å². The van der Waals surface area contributed by atoms with E-state index in [-0.39, 0.29) is 11.0 Å². The zero-order valence-electron chi connectivity index (χ0n) is 11.9. The summed E-state index contributed by atoms with van der Waals surface area (Å²) in [5, 5.41) is 9.15. The number of anilines is 1. The van der Waals surface area contributed by atoms with Crippen molar-refractivity contribution in [2.45, 2.75) is 29.7 Å². The summed E-state index contributed by atoms with van der Waals surface area (Å²) in [7, 11) is 0. The zero-order valence-corrected chi connectivity index (χ0v) is 16.5. The first-order valence-electron chi connectivity index (χ1n) is 6.52. The molecule has 0 fully saturated rings. The van der Waals surface area contributed by atoms with Crippen LogP contribution in [0.2, 0.25) is 10.0 Å². The lowest BCUT2D eigenvalue weighted by Crippen LogP contribution is -2.56. The SMILES string of the molecule is CCCC(=O)N[C@@H](NC(=S)Nc1ccc(Cl)cc1Cl)C(Cl)(Cl)Cl. The Bertz CT molecular complexity index is 579. The van der Waals surface area contributed by atoms with E-state index in [4.69, 9.17) is 70.2 Å². The highest BCUT2D eigenvalue weighted by Gasteiger charge is 2.34. The predicted octanol–water partition coefficient (Wildman–Crippen LogP) is 4.89. The van der Waals surface area contributed by atoms with Gasteiger partial charge in [0.2, 0.25) is 9.70 Å². The lowest BCUT2D eigenvalue weighted by atomic mass is 10.3. The van der Waals surface area contributed by atoms with Crippen LogP contribution in [0.4, 0.5) is 5.69 Å². The smallest absolute Gasteiger partial charge is 0.228 e. The lowest BCUT2D eigenvalue weighted by Gasteiger charge is -2.27. The minimum absolute atomic E-state index is 0.127. The van der Waals surface area contributed by atoms with Gasteiger partial charge in [0.15, 0.2) is 5.11 Å². The monoisotopic (exact) mass is 435 g/mol. The fraction of sp³-hybridized carbons (Fsp3) is 0.385. The Hall–Kier alpha value is -0.170. The van der Waals surface area contributed by atoms with Crippen LogP contribution in [0, 0.1) is 0 Å². The maximum Gasteiger partial charge on any atom is 0.228 e. The molecule has 0 aliphatic heterocycles. The molecule has 128 valence electrons. The molecule has 0 aromatic heterocycles. The molecule has 0 unspecified atom stereocenters. The topological polar surface area (TPSA) is 53.2 Å². The molecule has 0 aliphatic carbocycles. The summed E-state index contributed by atoms with van der Waals surface area (Å²) in [5.74, 6) is -0.261. The van der Waals surface area contributed by atoms with E-state index in [0.717, 1.165) is 0 Å². The molecule has 0 saturated carbocycles. The van der Waals surface area contributed by atoms with Crippen molar-refractivity contribution in [3.63, 3.8) is 0 Å². The number of thiocarbonyl (C=S) groups is 1. The number of carbonyl (C=O) groups excluding carboxylic acids is 1. The quantitative estimate of drug-likeness (QED) is 0.349. The third kappa shape index (κ3) is 7.50. The van der Waals surface area contributed by atoms with E-state index in [1.54, 1.807) is 18.2 Å². The minimum Gasteiger partial charge on any atom is -0.339 e. The molecule has 1 aromatic rings. The van der Waals surface area contributed by atoms with Gasteiger partial charge in [0.1, 0.15) is 6.17 Å². The Morgan fingerprint density at radius 3 is 2.43 bits per heavy atom. The molecule has 0 spiro atoms. The van der Waals surface area contributed by atoms with Gasteiger partial charge in [-0.1, -0.05) is 64.9 Å². The number of rotatable bonds is 5. The summed E-state index contributed by atoms with van der Waals surface area (Å²) in [6, 6.07) is 4.86. The van der Waals surface area contributed by atoms with Crippen molar-refractivity contribution < 1.29 is 4.79 Å². The first-order valence-corrected chi connectivity index (χ1v) is 8.82. The van der Waals surface area contributed by atoms with Gasteiger partial charge in [0, 0.05) is 11.4 Å². The zero-order chi connectivity index (χ0) is 17.6. The van der Waals surface area contributed by atoms with Gasteiger partial charge in [-0.05, 0) is 36.8 Å². The van der Waals surface area contributed by atoms with Crippen molar-refractivity contribution in [3.05, 3.63) is 28.2 Å². The molecule has 1 amide bonds. The first-order chi connectivity index (χ1) is 10.6. The van der Waals surface area contributed by atoms with Gasteiger partial charge in [-0.3, -0.25) is 4.79 Å². The Kier molecular flexibility index (Phi) is 8.48. The number of hydrogen-bond acceptors (Lipinski definition) is 2. The Balaban J connectivity index is 2.75. The standard InChI is InChI=1S/C13H14Cl5N3OS/c1-2-3-10(22)20-11(13(16,17)18)21-12(23)19-9-5-4-7(14)6-8(9)15/h4-6,11H,2-3H2,1H3,(H,20,22)(H2,19,21,23)/t11-/m0/s1. The van der Waals surface area contributed by atoms with E-state index in [1.807, 2.05) is 6.92 Å². The number of halogens is 5. The van der Waals surface area contributed by atoms with Crippen molar-refractivity contribution in [2.24, 2.45) is 0 Å². The van der Waals surface area contributed by atoms with E-state index in [9.17, 15) is 4.79 Å². The first kappa shape index (κ1) is 20.9. The van der Waals surface area contributed by atoms with Gasteiger partial charge >= 0.3 is 0 Å². The molecule has 0 aliphatic rings. The van der Waals surface area contributed by atoms with Gasteiger partial charge in [-0.2, -0.15) is 0 Å². The molecule has 4 nitrogen and oxygen atoms in total. The Morgan fingerprint density at radius 2 is 1.91 bits per heavy atom. The fourth-order valence-corrected chi connectivity index (χ4v) is 2.55. The molecule has 10 heteroatoms. The van der Waals surface area contributed by atoms with Crippen molar-refractivity contribution in [1.29, 1.82) is 0 Å². The largest absolute Gasteiger partial charge is 0.339 e. The third-order valence-corrected chi connectivity index (χ3v) is 3.99. The van der Waals surface area contributed by atoms with Gasteiger partial charge in [-0.15, -0.1) is 0 Å². The highest BCUT2D eigenvalue weighted by molar-refractivity contribution is 7.80. The molecule has 0 saturated heterocycles. The summed E-state index contributed by atoms with van der Waals surface area (Å²) in [5.41, 5.74) is 0.525. The van der Waals surface area contributed by atoms with Crippen LogP contribution < -0.4 is 16.0 Å². The van der Waals surface area contributed by atoms with Gasteiger partial charge in [0.05, 0.1) is 10.7 Å². The molecule has 23 heavy (non-hydrogen) atoms. The van der Waals surface area contributed by atoms with Crippen LogP contribution in [-0.4, -0.2) is 21.0 Å². The van der Waals surface area contributed by atoms with Crippen LogP contribution in [0.5, 0.6) is 0 Å². The van der Waals surface area contributed by atoms with E-state index < -0.39 is 9.96 Å². The average Bonchev–Trinajstić information content (AvgIpc) is 2.40. The highest BCUT2D eigenvalue weighted by atomic mass is 35.6. The molecule has 0 bridgehead atoms. The van der Waals surface area contributed by atoms with Gasteiger partial charge < -0.3 is 16.0 Å². The fourth-order valence-electron chi connectivity index (χ4n) is 1.54. The molecule has 3 N–H and O–H groups in total. The summed E-state index contributed by atoms with van der Waals surface area (Å²) < 4.78 is -1.79. The molecular formula is C13H14Cl5N3OS. The molecule has 1 atom stereocenters. The van der Waals surface area contributed by atoms with Crippen LogP contribution in [0.3, 0.4) is 0 Å². The third-order valence-electron chi connectivity index (χ3n) is 2.56. The van der Waals surface area contributed by atoms with E-state index in [1.165, 1.54) is 0 Å². The molecular weight excluding hydrogens is 423 g/mol. The highest BCUT2D eigenvalue weighted by Crippen LogP contribution is 2.29. The minimum atomic E-state index is -1.79. The summed E-state index contributed by atoms with van der Waals surface area (Å²) in [6.07, 6.45) is -0.0264. The molecule has 0 radical (unpaired) electrons. The van der Waals surface area contributed by atoms with Crippen molar-refractivity contribution >= 4 is 86.9 Å². The number of benzene rings is 1. The summed E-state index contributed by atoms with van der Waals surface area (Å²) in [4.78, 5) is 11.7. The maximum atomic E-state index is 11.7. The van der Waals surface area contributed by atoms with Gasteiger partial charge in [-0.25, -0.2) is 0 Å². The molecule has 0 heterocycles. The molecule has 1 aromatic carbocycles. The average molecular weight is 438 g/mol. The van der Waals surface area contributed by atoms with Gasteiger partial charge in [0.25, 0.3) is 0 Å². The van der Waals surface area contributed by atoms with Crippen LogP contribution in [0.25, 0.3) is 0 Å². The number of amides is 1. The van der Waals surface area contributed by atoms with Crippen LogP contribution in [-0.2, 0) is 4.79 Å². The lowest BCUT2D eigenvalue weighted by molar-refractivity contribution is -0.121. The summed E-state index contributed by atoms with van der Waals surface area (Å²) >= 11 is 34.6. The Morgan fingerprint density at radius 1 is 1.26 bits per heavy atom. The predicted molar refractivity (Wildman–Crippen MR) is 103 cm³/mol. The number of hydrogen-bond donors (Lipinski definition) is 3. The maximum absolute atomic E-state index is 11.7. The van der Waals surface area contributed by atoms with E-state index in [2.05, 4.69) is 16.0 Å². The second-order valence-corrected chi connectivity index (χ2v) is 8.14. The number of carbonyl (C=O) groups is 1. The molecule has 1 rings (SSSR count). The second kappa shape index (κ2) is 9.35. The van der Waals surface area contributed by atoms with Crippen molar-refractivity contribution in [2.75, 3.05) is 5.32 Å². The van der Waals surface area contributed by atoms with Crippen LogP contribution >= 0.6 is 70.2 Å². The Labute approximate surface area is 165 Å². The van der Waals surface area contributed by atoms with E-state index in [0.29, 0.717) is 28.6 Å². The number of alkyl halides is 3. The van der Waals surface area contributed by atoms with Crippen molar-refractivity contribution in [3.8, 4) is 0 Å².